The molecule has 2 saturated carbocycles. The fraction of sp³-hybridized carbons (Fsp3) is 0.680. The Bertz CT molecular complexity index is 851. The van der Waals surface area contributed by atoms with Crippen molar-refractivity contribution in [2.24, 2.45) is 17.8 Å². The van der Waals surface area contributed by atoms with E-state index in [1.807, 2.05) is 18.2 Å². The van der Waals surface area contributed by atoms with Gasteiger partial charge in [-0.15, -0.1) is 0 Å². The van der Waals surface area contributed by atoms with E-state index in [1.165, 1.54) is 38.6 Å². The number of fused-ring (bicyclic) bond motifs is 1. The first-order valence-electron chi connectivity index (χ1n) is 11.9. The Labute approximate surface area is 185 Å². The number of ether oxygens (including phenoxy) is 1. The highest BCUT2D eigenvalue weighted by Gasteiger charge is 2.83. The zero-order chi connectivity index (χ0) is 21.4. The van der Waals surface area contributed by atoms with Crippen LogP contribution in [0.1, 0.15) is 37.7 Å². The Morgan fingerprint density at radius 3 is 2.61 bits per heavy atom. The first-order chi connectivity index (χ1) is 15.2. The number of nitrogens with one attached hydrogen (secondary N) is 1. The summed E-state index contributed by atoms with van der Waals surface area (Å²) in [6.07, 6.45) is 6.50. The number of carbonyl (C=O) groups excluding carboxylic acids is 1. The fourth-order valence-corrected chi connectivity index (χ4v) is 6.31. The van der Waals surface area contributed by atoms with E-state index in [4.69, 9.17) is 4.74 Å². The van der Waals surface area contributed by atoms with Gasteiger partial charge in [0.1, 0.15) is 18.2 Å². The van der Waals surface area contributed by atoms with Gasteiger partial charge in [0.15, 0.2) is 5.78 Å². The van der Waals surface area contributed by atoms with Crippen LogP contribution in [0.5, 0.6) is 0 Å². The average molecular weight is 423 g/mol. The number of benzene rings is 1. The molecule has 6 heteroatoms. The van der Waals surface area contributed by atoms with E-state index in [0.717, 1.165) is 49.3 Å². The first-order valence-corrected chi connectivity index (χ1v) is 11.9. The van der Waals surface area contributed by atoms with E-state index in [9.17, 15) is 10.1 Å². The Morgan fingerprint density at radius 2 is 1.94 bits per heavy atom. The number of anilines is 1. The summed E-state index contributed by atoms with van der Waals surface area (Å²) < 4.78 is 5.07. The van der Waals surface area contributed by atoms with Crippen molar-refractivity contribution in [3.05, 3.63) is 29.8 Å². The summed E-state index contributed by atoms with van der Waals surface area (Å²) in [5.41, 5.74) is 1.68. The number of hydrogen-bond donors (Lipinski definition) is 1. The number of rotatable bonds is 8. The highest BCUT2D eigenvalue weighted by Crippen LogP contribution is 2.64. The molecule has 31 heavy (non-hydrogen) atoms. The third kappa shape index (κ3) is 3.88. The monoisotopic (exact) mass is 422 g/mol. The zero-order valence-corrected chi connectivity index (χ0v) is 18.6. The molecule has 1 N–H and O–H groups in total. The van der Waals surface area contributed by atoms with E-state index >= 15 is 0 Å². The van der Waals surface area contributed by atoms with Crippen molar-refractivity contribution < 1.29 is 9.53 Å². The molecule has 0 spiro atoms. The van der Waals surface area contributed by atoms with E-state index in [1.54, 1.807) is 7.11 Å². The van der Waals surface area contributed by atoms with Crippen molar-refractivity contribution >= 4 is 11.5 Å². The van der Waals surface area contributed by atoms with Crippen LogP contribution in [-0.4, -0.2) is 68.7 Å². The summed E-state index contributed by atoms with van der Waals surface area (Å²) in [5.74, 6) is 2.42. The van der Waals surface area contributed by atoms with Gasteiger partial charge in [-0.1, -0.05) is 25.0 Å². The average Bonchev–Trinajstić information content (AvgIpc) is 3.70. The lowest BCUT2D eigenvalue weighted by atomic mass is 9.76. The molecule has 0 amide bonds. The highest BCUT2D eigenvalue weighted by atomic mass is 16.5. The normalized spacial score (nSPS) is 34.6. The summed E-state index contributed by atoms with van der Waals surface area (Å²) >= 11 is 0. The number of nitrogens with zero attached hydrogens (tertiary/aromatic N) is 3. The second-order valence-electron chi connectivity index (χ2n) is 9.90. The molecule has 0 radical (unpaired) electrons. The van der Waals surface area contributed by atoms with Gasteiger partial charge in [-0.2, -0.15) is 5.26 Å². The smallest absolute Gasteiger partial charge is 0.180 e. The molecule has 166 valence electrons. The van der Waals surface area contributed by atoms with Crippen LogP contribution in [0.4, 0.5) is 5.69 Å². The van der Waals surface area contributed by atoms with Gasteiger partial charge in [0, 0.05) is 45.2 Å². The molecule has 6 nitrogen and oxygen atoms in total. The second kappa shape index (κ2) is 8.54. The molecule has 2 aliphatic heterocycles. The molecule has 4 fully saturated rings. The highest BCUT2D eigenvalue weighted by molar-refractivity contribution is 5.99. The van der Waals surface area contributed by atoms with Crippen LogP contribution >= 0.6 is 0 Å². The molecule has 2 heterocycles. The third-order valence-corrected chi connectivity index (χ3v) is 8.30. The van der Waals surface area contributed by atoms with Crippen molar-refractivity contribution in [2.45, 2.75) is 43.7 Å². The number of para-hydroxylation sites is 1. The van der Waals surface area contributed by atoms with Gasteiger partial charge in [0.05, 0.1) is 11.3 Å². The summed E-state index contributed by atoms with van der Waals surface area (Å²) in [7, 11) is 1.61. The largest absolute Gasteiger partial charge is 0.377 e. The van der Waals surface area contributed by atoms with Crippen LogP contribution in [0.3, 0.4) is 0 Å². The molecule has 4 aliphatic rings. The van der Waals surface area contributed by atoms with Crippen molar-refractivity contribution in [3.8, 4) is 6.07 Å². The number of carbonyl (C=O) groups is 1. The lowest BCUT2D eigenvalue weighted by Gasteiger charge is -2.37. The number of piperazine rings is 1. The van der Waals surface area contributed by atoms with Crippen LogP contribution < -0.4 is 10.2 Å². The summed E-state index contributed by atoms with van der Waals surface area (Å²) in [5, 5.41) is 12.7. The predicted molar refractivity (Wildman–Crippen MR) is 120 cm³/mol. The maximum atomic E-state index is 12.3. The van der Waals surface area contributed by atoms with Gasteiger partial charge in [0.25, 0.3) is 0 Å². The lowest BCUT2D eigenvalue weighted by molar-refractivity contribution is -0.124. The number of nitriles is 1. The van der Waals surface area contributed by atoms with Crippen molar-refractivity contribution in [2.75, 3.05) is 51.3 Å². The minimum atomic E-state index is -0.183. The van der Waals surface area contributed by atoms with E-state index in [-0.39, 0.29) is 17.9 Å². The lowest BCUT2D eigenvalue weighted by Crippen LogP contribution is -2.47. The molecular formula is C25H34N4O2. The number of hydrogen-bond acceptors (Lipinski definition) is 6. The van der Waals surface area contributed by atoms with Crippen molar-refractivity contribution in [1.29, 1.82) is 5.26 Å². The maximum absolute atomic E-state index is 12.3. The Morgan fingerprint density at radius 1 is 1.19 bits per heavy atom. The van der Waals surface area contributed by atoms with Crippen LogP contribution in [0.25, 0.3) is 0 Å². The SMILES string of the molecule is COCC(=O)C12NC1C2C1CCC(CCN2CCN(c3ccccc3C#N)CC2)CC1. The van der Waals surface area contributed by atoms with Crippen molar-refractivity contribution in [3.63, 3.8) is 0 Å². The minimum absolute atomic E-state index is 0.183. The zero-order valence-electron chi connectivity index (χ0n) is 18.6. The number of Topliss-reactive ketones (excluding diaryl/α,β-unsaturated/α-hetero) is 1. The summed E-state index contributed by atoms with van der Waals surface area (Å²) in [4.78, 5) is 17.3. The molecule has 2 aliphatic carbocycles. The Kier molecular flexibility index (Phi) is 5.76. The van der Waals surface area contributed by atoms with E-state index in [0.29, 0.717) is 12.0 Å². The quantitative estimate of drug-likeness (QED) is 0.649. The fourth-order valence-electron chi connectivity index (χ4n) is 6.31. The minimum Gasteiger partial charge on any atom is -0.377 e. The topological polar surface area (TPSA) is 78.5 Å². The molecule has 3 unspecified atom stereocenters. The summed E-state index contributed by atoms with van der Waals surface area (Å²) in [6, 6.07) is 10.7. The van der Waals surface area contributed by atoms with Gasteiger partial charge >= 0.3 is 0 Å². The van der Waals surface area contributed by atoms with Crippen molar-refractivity contribution in [1.82, 2.24) is 10.2 Å². The van der Waals surface area contributed by atoms with Crippen LogP contribution in [0.15, 0.2) is 24.3 Å². The molecule has 0 aromatic heterocycles. The third-order valence-electron chi connectivity index (χ3n) is 8.30. The molecule has 1 aromatic carbocycles. The molecule has 2 saturated heterocycles. The van der Waals surface area contributed by atoms with Gasteiger partial charge < -0.3 is 9.64 Å². The molecule has 5 rings (SSSR count). The standard InChI is InChI=1S/C25H34N4O2/c1-31-17-22(30)25-23(24(25)27-25)19-8-6-18(7-9-19)10-11-28-12-14-29(15-13-28)21-5-3-2-4-20(21)16-26/h2-5,18-19,23-24,27H,6-15,17H2,1H3. The van der Waals surface area contributed by atoms with Crippen LogP contribution in [0, 0.1) is 29.1 Å². The Balaban J connectivity index is 1.02. The van der Waals surface area contributed by atoms with Gasteiger partial charge in [-0.05, 0) is 49.8 Å². The Hall–Kier alpha value is -1.94. The van der Waals surface area contributed by atoms with Gasteiger partial charge in [0.2, 0.25) is 0 Å². The van der Waals surface area contributed by atoms with Gasteiger partial charge in [-0.3, -0.25) is 15.0 Å². The molecular weight excluding hydrogens is 388 g/mol. The van der Waals surface area contributed by atoms with E-state index in [2.05, 4.69) is 27.3 Å². The second-order valence-corrected chi connectivity index (χ2v) is 9.90. The van der Waals surface area contributed by atoms with Gasteiger partial charge in [-0.25, -0.2) is 0 Å². The van der Waals surface area contributed by atoms with E-state index < -0.39 is 0 Å². The number of methoxy groups -OCH3 is 1. The number of ketones is 1. The molecule has 1 aromatic rings. The molecule has 0 bridgehead atoms. The van der Waals surface area contributed by atoms with Crippen LogP contribution in [0.2, 0.25) is 0 Å². The summed E-state index contributed by atoms with van der Waals surface area (Å²) in [6.45, 7) is 5.60. The maximum Gasteiger partial charge on any atom is 0.180 e. The molecule has 3 atom stereocenters. The first kappa shape index (κ1) is 20.9. The predicted octanol–water partition coefficient (Wildman–Crippen LogP) is 2.43. The van der Waals surface area contributed by atoms with Crippen LogP contribution in [-0.2, 0) is 9.53 Å².